The summed E-state index contributed by atoms with van der Waals surface area (Å²) in [4.78, 5) is 10.9. The van der Waals surface area contributed by atoms with E-state index in [1.165, 1.54) is 0 Å². The number of carboxylic acid groups (broad SMARTS) is 1. The van der Waals surface area contributed by atoms with Crippen LogP contribution in [0.15, 0.2) is 48.5 Å². The van der Waals surface area contributed by atoms with Crippen molar-refractivity contribution in [1.29, 1.82) is 0 Å². The first-order chi connectivity index (χ1) is 11.6. The maximum absolute atomic E-state index is 10.9. The minimum absolute atomic E-state index is 0.0577. The predicted octanol–water partition coefficient (Wildman–Crippen LogP) is 3.83. The van der Waals surface area contributed by atoms with Gasteiger partial charge in [0.15, 0.2) is 0 Å². The van der Waals surface area contributed by atoms with Crippen LogP contribution in [0.3, 0.4) is 0 Å². The second-order valence-electron chi connectivity index (χ2n) is 5.25. The minimum Gasteiger partial charge on any atom is -0.497 e. The van der Waals surface area contributed by atoms with E-state index in [9.17, 15) is 4.79 Å². The van der Waals surface area contributed by atoms with Gasteiger partial charge in [-0.3, -0.25) is 4.79 Å². The lowest BCUT2D eigenvalue weighted by molar-refractivity contribution is -0.140. The quantitative estimate of drug-likeness (QED) is 0.757. The van der Waals surface area contributed by atoms with Gasteiger partial charge < -0.3 is 19.3 Å². The molecule has 0 amide bonds. The Morgan fingerprint density at radius 1 is 1.12 bits per heavy atom. The monoisotopic (exact) mass is 330 g/mol. The van der Waals surface area contributed by atoms with Crippen LogP contribution >= 0.6 is 0 Å². The van der Waals surface area contributed by atoms with Gasteiger partial charge in [0, 0.05) is 6.61 Å². The molecule has 0 aliphatic rings. The number of carboxylic acids is 1. The molecule has 0 spiro atoms. The number of aliphatic carboxylic acids is 1. The zero-order valence-electron chi connectivity index (χ0n) is 13.9. The summed E-state index contributed by atoms with van der Waals surface area (Å²) in [5.41, 5.74) is 1.84. The molecule has 0 aliphatic heterocycles. The number of methoxy groups -OCH3 is 1. The van der Waals surface area contributed by atoms with Crippen LogP contribution in [-0.4, -0.2) is 24.8 Å². The van der Waals surface area contributed by atoms with E-state index in [0.717, 1.165) is 16.9 Å². The molecule has 2 aromatic rings. The van der Waals surface area contributed by atoms with Gasteiger partial charge in [-0.05, 0) is 42.3 Å². The second kappa shape index (κ2) is 8.93. The average Bonchev–Trinajstić information content (AvgIpc) is 2.60. The maximum atomic E-state index is 10.9. The smallest absolute Gasteiger partial charge is 0.306 e. The molecule has 1 atom stereocenters. The number of benzene rings is 2. The SMILES string of the molecule is CCOC(CC(=O)O)c1ccc(OCc2cccc(OC)c2)cc1. The van der Waals surface area contributed by atoms with Gasteiger partial charge in [0.1, 0.15) is 18.1 Å². The first kappa shape index (κ1) is 17.8. The molecule has 128 valence electrons. The molecule has 5 nitrogen and oxygen atoms in total. The summed E-state index contributed by atoms with van der Waals surface area (Å²) in [6.45, 7) is 2.74. The van der Waals surface area contributed by atoms with Crippen molar-refractivity contribution >= 4 is 5.97 Å². The second-order valence-corrected chi connectivity index (χ2v) is 5.25. The number of ether oxygens (including phenoxy) is 3. The van der Waals surface area contributed by atoms with Gasteiger partial charge in [-0.1, -0.05) is 24.3 Å². The van der Waals surface area contributed by atoms with Crippen LogP contribution in [-0.2, 0) is 16.1 Å². The van der Waals surface area contributed by atoms with Gasteiger partial charge in [-0.2, -0.15) is 0 Å². The summed E-state index contributed by atoms with van der Waals surface area (Å²) in [6, 6.07) is 15.0. The van der Waals surface area contributed by atoms with Crippen LogP contribution in [0.5, 0.6) is 11.5 Å². The van der Waals surface area contributed by atoms with Crippen molar-refractivity contribution in [3.63, 3.8) is 0 Å². The molecule has 0 radical (unpaired) electrons. The first-order valence-electron chi connectivity index (χ1n) is 7.81. The normalized spacial score (nSPS) is 11.8. The number of hydrogen-bond donors (Lipinski definition) is 1. The standard InChI is InChI=1S/C19H22O5/c1-3-23-18(12-19(20)21)15-7-9-16(10-8-15)24-13-14-5-4-6-17(11-14)22-2/h4-11,18H,3,12-13H2,1-2H3,(H,20,21). The van der Waals surface area contributed by atoms with Crippen molar-refractivity contribution in [3.8, 4) is 11.5 Å². The number of hydrogen-bond acceptors (Lipinski definition) is 4. The highest BCUT2D eigenvalue weighted by molar-refractivity contribution is 5.67. The van der Waals surface area contributed by atoms with Gasteiger partial charge >= 0.3 is 5.97 Å². The lowest BCUT2D eigenvalue weighted by atomic mass is 10.1. The van der Waals surface area contributed by atoms with Crippen molar-refractivity contribution in [2.45, 2.75) is 26.1 Å². The number of rotatable bonds is 9. The van der Waals surface area contributed by atoms with E-state index in [0.29, 0.717) is 19.0 Å². The van der Waals surface area contributed by atoms with Crippen molar-refractivity contribution < 1.29 is 24.1 Å². The summed E-state index contributed by atoms with van der Waals surface area (Å²) in [7, 11) is 1.63. The van der Waals surface area contributed by atoms with Gasteiger partial charge in [-0.15, -0.1) is 0 Å². The molecule has 1 unspecified atom stereocenters. The Morgan fingerprint density at radius 2 is 1.88 bits per heavy atom. The average molecular weight is 330 g/mol. The Morgan fingerprint density at radius 3 is 2.50 bits per heavy atom. The molecular weight excluding hydrogens is 308 g/mol. The van der Waals surface area contributed by atoms with Crippen molar-refractivity contribution in [2.75, 3.05) is 13.7 Å². The lowest BCUT2D eigenvalue weighted by Crippen LogP contribution is -2.10. The van der Waals surface area contributed by atoms with Crippen LogP contribution in [0.2, 0.25) is 0 Å². The molecule has 0 saturated carbocycles. The Hall–Kier alpha value is -2.53. The molecule has 2 aromatic carbocycles. The molecule has 0 saturated heterocycles. The molecule has 0 heterocycles. The van der Waals surface area contributed by atoms with Gasteiger partial charge in [0.05, 0.1) is 19.6 Å². The van der Waals surface area contributed by atoms with Crippen LogP contribution < -0.4 is 9.47 Å². The zero-order chi connectivity index (χ0) is 17.4. The summed E-state index contributed by atoms with van der Waals surface area (Å²) >= 11 is 0. The Kier molecular flexibility index (Phi) is 6.63. The molecule has 0 aromatic heterocycles. The van der Waals surface area contributed by atoms with Crippen LogP contribution in [0.4, 0.5) is 0 Å². The fraction of sp³-hybridized carbons (Fsp3) is 0.316. The van der Waals surface area contributed by atoms with E-state index in [4.69, 9.17) is 19.3 Å². The van der Waals surface area contributed by atoms with Crippen molar-refractivity contribution in [3.05, 3.63) is 59.7 Å². The van der Waals surface area contributed by atoms with E-state index in [1.54, 1.807) is 7.11 Å². The molecule has 0 fully saturated rings. The highest BCUT2D eigenvalue weighted by Gasteiger charge is 2.15. The predicted molar refractivity (Wildman–Crippen MR) is 90.4 cm³/mol. The summed E-state index contributed by atoms with van der Waals surface area (Å²) in [5.74, 6) is 0.624. The molecule has 0 bridgehead atoms. The van der Waals surface area contributed by atoms with Gasteiger partial charge in [-0.25, -0.2) is 0 Å². The van der Waals surface area contributed by atoms with E-state index < -0.39 is 12.1 Å². The molecule has 24 heavy (non-hydrogen) atoms. The molecule has 0 aliphatic carbocycles. The molecule has 2 rings (SSSR count). The zero-order valence-corrected chi connectivity index (χ0v) is 13.9. The molecular formula is C19H22O5. The Balaban J connectivity index is 1.98. The number of carbonyl (C=O) groups is 1. The summed E-state index contributed by atoms with van der Waals surface area (Å²) in [5, 5.41) is 8.96. The van der Waals surface area contributed by atoms with Gasteiger partial charge in [0.2, 0.25) is 0 Å². The van der Waals surface area contributed by atoms with E-state index in [1.807, 2.05) is 55.5 Å². The fourth-order valence-electron chi connectivity index (χ4n) is 2.34. The highest BCUT2D eigenvalue weighted by Crippen LogP contribution is 2.24. The Bertz CT molecular complexity index is 651. The summed E-state index contributed by atoms with van der Waals surface area (Å²) in [6.07, 6.45) is -0.502. The lowest BCUT2D eigenvalue weighted by Gasteiger charge is -2.16. The van der Waals surface area contributed by atoms with Crippen molar-refractivity contribution in [2.24, 2.45) is 0 Å². The third kappa shape index (κ3) is 5.28. The third-order valence-electron chi connectivity index (χ3n) is 3.52. The van der Waals surface area contributed by atoms with Gasteiger partial charge in [0.25, 0.3) is 0 Å². The van der Waals surface area contributed by atoms with E-state index >= 15 is 0 Å². The third-order valence-corrected chi connectivity index (χ3v) is 3.52. The fourth-order valence-corrected chi connectivity index (χ4v) is 2.34. The van der Waals surface area contributed by atoms with Crippen LogP contribution in [0.1, 0.15) is 30.6 Å². The van der Waals surface area contributed by atoms with Crippen molar-refractivity contribution in [1.82, 2.24) is 0 Å². The highest BCUT2D eigenvalue weighted by atomic mass is 16.5. The summed E-state index contributed by atoms with van der Waals surface area (Å²) < 4.78 is 16.4. The van der Waals surface area contributed by atoms with Crippen LogP contribution in [0.25, 0.3) is 0 Å². The largest absolute Gasteiger partial charge is 0.497 e. The molecule has 1 N–H and O–H groups in total. The maximum Gasteiger partial charge on any atom is 0.306 e. The van der Waals surface area contributed by atoms with E-state index in [-0.39, 0.29) is 6.42 Å². The topological polar surface area (TPSA) is 65.0 Å². The molecule has 5 heteroatoms. The van der Waals surface area contributed by atoms with E-state index in [2.05, 4.69) is 0 Å². The Labute approximate surface area is 141 Å². The minimum atomic E-state index is -0.883. The van der Waals surface area contributed by atoms with Crippen LogP contribution in [0, 0.1) is 0 Å². The first-order valence-corrected chi connectivity index (χ1v) is 7.81.